The molecule has 1 aromatic rings. The van der Waals surface area contributed by atoms with Gasteiger partial charge in [0, 0.05) is 12.2 Å². The van der Waals surface area contributed by atoms with E-state index < -0.39 is 0 Å². The maximum absolute atomic E-state index is 11.3. The molecule has 0 bridgehead atoms. The highest BCUT2D eigenvalue weighted by molar-refractivity contribution is 5.47. The summed E-state index contributed by atoms with van der Waals surface area (Å²) < 4.78 is 0. The fourth-order valence-electron chi connectivity index (χ4n) is 0.901. The highest BCUT2D eigenvalue weighted by Gasteiger charge is 1.88. The molecule has 1 aromatic carbocycles. The second-order valence-electron chi connectivity index (χ2n) is 2.47. The van der Waals surface area contributed by atoms with Gasteiger partial charge in [0.05, 0.1) is 0 Å². The van der Waals surface area contributed by atoms with Gasteiger partial charge < -0.3 is 10.3 Å². The monoisotopic (exact) mass is 162 g/mol. The Morgan fingerprint density at radius 3 is 2.58 bits per heavy atom. The van der Waals surface area contributed by atoms with Crippen molar-refractivity contribution >= 4 is 5.69 Å². The van der Waals surface area contributed by atoms with Gasteiger partial charge in [-0.1, -0.05) is 30.4 Å². The van der Waals surface area contributed by atoms with E-state index in [1.165, 1.54) is 0 Å². The molecule has 0 radical (unpaired) electrons. The lowest BCUT2D eigenvalue weighted by Gasteiger charge is -2.28. The first-order valence-corrected chi connectivity index (χ1v) is 3.95. The van der Waals surface area contributed by atoms with Crippen LogP contribution in [0.1, 0.15) is 6.92 Å². The van der Waals surface area contributed by atoms with Crippen molar-refractivity contribution in [1.29, 1.82) is 0 Å². The van der Waals surface area contributed by atoms with E-state index in [1.54, 1.807) is 12.1 Å². The second kappa shape index (κ2) is 4.57. The Balaban J connectivity index is 2.59. The van der Waals surface area contributed by atoms with Gasteiger partial charge >= 0.3 is 0 Å². The molecule has 2 nitrogen and oxygen atoms in total. The average Bonchev–Trinajstić information content (AvgIpc) is 2.15. The molecule has 1 rings (SSSR count). The molecule has 0 aliphatic carbocycles. The molecule has 0 amide bonds. The molecule has 0 unspecified atom stereocenters. The first kappa shape index (κ1) is 8.81. The Kier molecular flexibility index (Phi) is 3.35. The number of nitrogens with zero attached hydrogens (tertiary/aromatic N) is 1. The summed E-state index contributed by atoms with van der Waals surface area (Å²) in [7, 11) is 0. The van der Waals surface area contributed by atoms with Crippen LogP contribution in [0.5, 0.6) is 0 Å². The van der Waals surface area contributed by atoms with Crippen molar-refractivity contribution in [2.45, 2.75) is 6.92 Å². The first-order chi connectivity index (χ1) is 5.84. The third-order valence-corrected chi connectivity index (χ3v) is 1.55. The predicted molar refractivity (Wildman–Crippen MR) is 52.0 cm³/mol. The van der Waals surface area contributed by atoms with Crippen LogP contribution in [0.2, 0.25) is 0 Å². The average molecular weight is 162 g/mol. The quantitative estimate of drug-likeness (QED) is 0.504. The van der Waals surface area contributed by atoms with E-state index in [-0.39, 0.29) is 0 Å². The summed E-state index contributed by atoms with van der Waals surface area (Å²) >= 11 is 0. The van der Waals surface area contributed by atoms with Crippen LogP contribution in [0.4, 0.5) is 5.69 Å². The van der Waals surface area contributed by atoms with Crippen molar-refractivity contribution in [2.24, 2.45) is 0 Å². The summed E-state index contributed by atoms with van der Waals surface area (Å²) in [6.07, 6.45) is 3.70. The molecule has 0 fully saturated rings. The predicted octanol–water partition coefficient (Wildman–Crippen LogP) is 2.57. The minimum absolute atomic E-state index is 0.417. The van der Waals surface area contributed by atoms with Crippen LogP contribution in [0.25, 0.3) is 0 Å². The van der Waals surface area contributed by atoms with E-state index >= 15 is 0 Å². The molecule has 0 saturated carbocycles. The third kappa shape index (κ3) is 2.40. The number of hydroxylamine groups is 1. The summed E-state index contributed by atoms with van der Waals surface area (Å²) in [6.45, 7) is 2.32. The number of para-hydroxylation sites is 1. The van der Waals surface area contributed by atoms with Crippen molar-refractivity contribution in [3.05, 3.63) is 47.7 Å². The van der Waals surface area contributed by atoms with Crippen LogP contribution in [-0.2, 0) is 0 Å². The van der Waals surface area contributed by atoms with Crippen LogP contribution < -0.4 is 5.06 Å². The van der Waals surface area contributed by atoms with E-state index in [0.717, 1.165) is 5.06 Å². The highest BCUT2D eigenvalue weighted by Crippen LogP contribution is 2.10. The standard InChI is InChI=1S/C10H12NO/c1-2-3-9-11(12)10-7-5-4-6-8-10/h2-8H,9H2,1H3/q-1. The minimum Gasteiger partial charge on any atom is -0.758 e. The van der Waals surface area contributed by atoms with Crippen LogP contribution in [0.3, 0.4) is 0 Å². The number of anilines is 1. The molecule has 0 atom stereocenters. The maximum atomic E-state index is 11.3. The molecule has 0 aliphatic heterocycles. The Labute approximate surface area is 72.7 Å². The number of hydrogen-bond donors (Lipinski definition) is 0. The molecule has 0 spiro atoms. The van der Waals surface area contributed by atoms with Crippen molar-refractivity contribution < 1.29 is 0 Å². The van der Waals surface area contributed by atoms with Crippen molar-refractivity contribution in [2.75, 3.05) is 11.6 Å². The lowest BCUT2D eigenvalue weighted by molar-refractivity contribution is 1.10. The Hall–Kier alpha value is -1.28. The van der Waals surface area contributed by atoms with Crippen molar-refractivity contribution in [3.8, 4) is 0 Å². The zero-order valence-electron chi connectivity index (χ0n) is 7.10. The van der Waals surface area contributed by atoms with Gasteiger partial charge in [-0.15, -0.1) is 0 Å². The van der Waals surface area contributed by atoms with E-state index in [9.17, 15) is 5.21 Å². The van der Waals surface area contributed by atoms with Crippen LogP contribution in [0.15, 0.2) is 42.5 Å². The summed E-state index contributed by atoms with van der Waals surface area (Å²) in [5.74, 6) is 0. The highest BCUT2D eigenvalue weighted by atomic mass is 16.5. The van der Waals surface area contributed by atoms with Gasteiger partial charge in [0.15, 0.2) is 0 Å². The number of hydrogen-bond acceptors (Lipinski definition) is 2. The van der Waals surface area contributed by atoms with Gasteiger partial charge in [-0.2, -0.15) is 0 Å². The van der Waals surface area contributed by atoms with E-state index in [1.807, 2.05) is 37.3 Å². The Morgan fingerprint density at radius 1 is 1.33 bits per heavy atom. The molecular formula is C10H12NO-. The topological polar surface area (TPSA) is 26.3 Å². The Bertz CT molecular complexity index is 243. The van der Waals surface area contributed by atoms with E-state index in [2.05, 4.69) is 0 Å². The molecule has 64 valence electrons. The number of benzene rings is 1. The number of allylic oxidation sites excluding steroid dienone is 1. The summed E-state index contributed by atoms with van der Waals surface area (Å²) in [6, 6.07) is 9.21. The fraction of sp³-hybridized carbons (Fsp3) is 0.200. The first-order valence-electron chi connectivity index (χ1n) is 3.95. The van der Waals surface area contributed by atoms with Gasteiger partial charge in [-0.3, -0.25) is 0 Å². The van der Waals surface area contributed by atoms with Gasteiger partial charge in [-0.05, 0) is 19.1 Å². The van der Waals surface area contributed by atoms with Crippen LogP contribution in [-0.4, -0.2) is 6.54 Å². The summed E-state index contributed by atoms with van der Waals surface area (Å²) in [4.78, 5) is 0. The largest absolute Gasteiger partial charge is 0.758 e. The van der Waals surface area contributed by atoms with E-state index in [0.29, 0.717) is 12.2 Å². The van der Waals surface area contributed by atoms with Crippen LogP contribution in [0, 0.1) is 5.21 Å². The SMILES string of the molecule is CC=CCN([O-])c1ccccc1. The molecule has 0 heterocycles. The zero-order valence-corrected chi connectivity index (χ0v) is 7.10. The molecule has 0 aliphatic rings. The van der Waals surface area contributed by atoms with Crippen molar-refractivity contribution in [1.82, 2.24) is 0 Å². The minimum atomic E-state index is 0.417. The smallest absolute Gasteiger partial charge is 0.0261 e. The maximum Gasteiger partial charge on any atom is 0.0261 e. The molecule has 2 heteroatoms. The van der Waals surface area contributed by atoms with Crippen molar-refractivity contribution in [3.63, 3.8) is 0 Å². The lowest BCUT2D eigenvalue weighted by Crippen LogP contribution is -2.13. The number of rotatable bonds is 3. The normalized spacial score (nSPS) is 10.5. The van der Waals surface area contributed by atoms with Gasteiger partial charge in [0.1, 0.15) is 0 Å². The fourth-order valence-corrected chi connectivity index (χ4v) is 0.901. The third-order valence-electron chi connectivity index (χ3n) is 1.55. The molecular weight excluding hydrogens is 150 g/mol. The van der Waals surface area contributed by atoms with E-state index in [4.69, 9.17) is 0 Å². The van der Waals surface area contributed by atoms with Gasteiger partial charge in [-0.25, -0.2) is 0 Å². The van der Waals surface area contributed by atoms with Crippen LogP contribution >= 0.6 is 0 Å². The Morgan fingerprint density at radius 2 is 2.00 bits per heavy atom. The summed E-state index contributed by atoms with van der Waals surface area (Å²) in [5, 5.41) is 12.2. The molecule has 0 aromatic heterocycles. The lowest BCUT2D eigenvalue weighted by atomic mass is 10.3. The molecule has 12 heavy (non-hydrogen) atoms. The second-order valence-corrected chi connectivity index (χ2v) is 2.47. The van der Waals surface area contributed by atoms with Gasteiger partial charge in [0.2, 0.25) is 0 Å². The molecule has 0 saturated heterocycles. The summed E-state index contributed by atoms with van der Waals surface area (Å²) in [5.41, 5.74) is 0.704. The molecule has 0 N–H and O–H groups in total. The zero-order chi connectivity index (χ0) is 8.81. The van der Waals surface area contributed by atoms with Gasteiger partial charge in [0.25, 0.3) is 0 Å².